The van der Waals surface area contributed by atoms with Crippen LogP contribution in [0, 0.1) is 5.92 Å². The lowest BCUT2D eigenvalue weighted by molar-refractivity contribution is 0.0940. The van der Waals surface area contributed by atoms with Crippen LogP contribution in [0.15, 0.2) is 30.3 Å². The summed E-state index contributed by atoms with van der Waals surface area (Å²) in [6.07, 6.45) is 0.875. The molecule has 1 N–H and O–H groups in total. The average molecular weight is 315 g/mol. The summed E-state index contributed by atoms with van der Waals surface area (Å²) in [5, 5.41) is 7.46. The first-order valence-corrected chi connectivity index (χ1v) is 8.02. The molecule has 0 aliphatic heterocycles. The Hall–Kier alpha value is -2.30. The molecule has 0 aliphatic carbocycles. The topological polar surface area (TPSA) is 56.2 Å². The van der Waals surface area contributed by atoms with Crippen LogP contribution in [0.2, 0.25) is 0 Å². The molecule has 0 fully saturated rings. The predicted octanol–water partition coefficient (Wildman–Crippen LogP) is 3.04. The number of rotatable bonds is 7. The van der Waals surface area contributed by atoms with Crippen LogP contribution in [0.25, 0.3) is 0 Å². The Labute approximate surface area is 137 Å². The van der Waals surface area contributed by atoms with E-state index in [0.717, 1.165) is 23.4 Å². The van der Waals surface area contributed by atoms with E-state index in [9.17, 15) is 4.79 Å². The lowest BCUT2D eigenvalue weighted by Gasteiger charge is -2.10. The highest BCUT2D eigenvalue weighted by Crippen LogP contribution is 2.17. The molecule has 2 rings (SSSR count). The number of nitrogens with one attached hydrogen (secondary N) is 1. The van der Waals surface area contributed by atoms with Gasteiger partial charge in [0, 0.05) is 18.7 Å². The van der Waals surface area contributed by atoms with E-state index in [1.54, 1.807) is 11.8 Å². The van der Waals surface area contributed by atoms with Crippen LogP contribution in [-0.2, 0) is 19.5 Å². The summed E-state index contributed by atoms with van der Waals surface area (Å²) in [5.41, 5.74) is 2.52. The van der Waals surface area contributed by atoms with Crippen molar-refractivity contribution in [2.75, 3.05) is 7.11 Å². The van der Waals surface area contributed by atoms with Gasteiger partial charge in [-0.3, -0.25) is 9.48 Å². The number of hydrogen-bond acceptors (Lipinski definition) is 3. The van der Waals surface area contributed by atoms with Crippen LogP contribution < -0.4 is 10.1 Å². The van der Waals surface area contributed by atoms with E-state index < -0.39 is 0 Å². The van der Waals surface area contributed by atoms with Crippen molar-refractivity contribution in [1.29, 1.82) is 0 Å². The predicted molar refractivity (Wildman–Crippen MR) is 90.6 cm³/mol. The van der Waals surface area contributed by atoms with Gasteiger partial charge in [0.2, 0.25) is 0 Å². The van der Waals surface area contributed by atoms with Gasteiger partial charge in [-0.05, 0) is 31.4 Å². The van der Waals surface area contributed by atoms with Crippen LogP contribution in [0.5, 0.6) is 5.75 Å². The summed E-state index contributed by atoms with van der Waals surface area (Å²) < 4.78 is 7.07. The Morgan fingerprint density at radius 2 is 2.09 bits per heavy atom. The molecule has 1 heterocycles. The van der Waals surface area contributed by atoms with E-state index in [1.165, 1.54) is 0 Å². The number of methoxy groups -OCH3 is 1. The minimum Gasteiger partial charge on any atom is -0.496 e. The molecule has 0 unspecified atom stereocenters. The van der Waals surface area contributed by atoms with Gasteiger partial charge in [0.25, 0.3) is 5.91 Å². The molecule has 124 valence electrons. The Bertz CT molecular complexity index is 662. The number of ether oxygens (including phenoxy) is 1. The summed E-state index contributed by atoms with van der Waals surface area (Å²) in [4.78, 5) is 12.5. The highest BCUT2D eigenvalue weighted by atomic mass is 16.5. The van der Waals surface area contributed by atoms with Crippen molar-refractivity contribution in [1.82, 2.24) is 15.1 Å². The van der Waals surface area contributed by atoms with Crippen molar-refractivity contribution in [3.8, 4) is 5.75 Å². The number of benzene rings is 1. The fourth-order valence-corrected chi connectivity index (χ4v) is 2.53. The van der Waals surface area contributed by atoms with Crippen molar-refractivity contribution < 1.29 is 9.53 Å². The van der Waals surface area contributed by atoms with Gasteiger partial charge >= 0.3 is 0 Å². The summed E-state index contributed by atoms with van der Waals surface area (Å²) >= 11 is 0. The monoisotopic (exact) mass is 315 g/mol. The first-order valence-electron chi connectivity index (χ1n) is 8.02. The Kier molecular flexibility index (Phi) is 5.79. The smallest absolute Gasteiger partial charge is 0.269 e. The standard InChI is InChI=1S/C18H25N3O2/c1-5-21-16(11-15(20-21)10-13(2)3)18(22)19-12-14-8-6-7-9-17(14)23-4/h6-9,11,13H,5,10,12H2,1-4H3,(H,19,22). The molecular weight excluding hydrogens is 290 g/mol. The zero-order valence-electron chi connectivity index (χ0n) is 14.3. The minimum atomic E-state index is -0.111. The van der Waals surface area contributed by atoms with Gasteiger partial charge in [0.15, 0.2) is 0 Å². The van der Waals surface area contributed by atoms with Crippen LogP contribution in [0.1, 0.15) is 42.5 Å². The van der Waals surface area contributed by atoms with Gasteiger partial charge in [-0.1, -0.05) is 32.0 Å². The van der Waals surface area contributed by atoms with E-state index in [4.69, 9.17) is 4.74 Å². The SMILES string of the molecule is CCn1nc(CC(C)C)cc1C(=O)NCc1ccccc1OC. The highest BCUT2D eigenvalue weighted by Gasteiger charge is 2.15. The first-order chi connectivity index (χ1) is 11.0. The number of hydrogen-bond donors (Lipinski definition) is 1. The highest BCUT2D eigenvalue weighted by molar-refractivity contribution is 5.92. The molecule has 0 bridgehead atoms. The molecule has 0 saturated carbocycles. The van der Waals surface area contributed by atoms with Crippen LogP contribution >= 0.6 is 0 Å². The summed E-state index contributed by atoms with van der Waals surface area (Å²) in [5.74, 6) is 1.18. The van der Waals surface area contributed by atoms with Gasteiger partial charge in [-0.2, -0.15) is 5.10 Å². The first kappa shape index (κ1) is 17.1. The third-order valence-corrected chi connectivity index (χ3v) is 3.61. The molecule has 0 atom stereocenters. The van der Waals surface area contributed by atoms with Gasteiger partial charge in [-0.15, -0.1) is 0 Å². The van der Waals surface area contributed by atoms with Crippen molar-refractivity contribution in [2.24, 2.45) is 5.92 Å². The second-order valence-corrected chi connectivity index (χ2v) is 5.93. The lowest BCUT2D eigenvalue weighted by Crippen LogP contribution is -2.25. The number of aryl methyl sites for hydroxylation is 1. The summed E-state index contributed by atoms with van der Waals surface area (Å²) in [7, 11) is 1.63. The Morgan fingerprint density at radius 3 is 2.74 bits per heavy atom. The van der Waals surface area contributed by atoms with Crippen molar-refractivity contribution in [2.45, 2.75) is 40.3 Å². The summed E-state index contributed by atoms with van der Waals surface area (Å²) in [6.45, 7) is 7.38. The van der Waals surface area contributed by atoms with Crippen molar-refractivity contribution in [3.05, 3.63) is 47.3 Å². The number of aromatic nitrogens is 2. The number of nitrogens with zero attached hydrogens (tertiary/aromatic N) is 2. The van der Waals surface area contributed by atoms with Crippen LogP contribution in [-0.4, -0.2) is 22.8 Å². The van der Waals surface area contributed by atoms with Crippen molar-refractivity contribution in [3.63, 3.8) is 0 Å². The molecule has 5 heteroatoms. The molecule has 0 spiro atoms. The maximum Gasteiger partial charge on any atom is 0.269 e. The van der Waals surface area contributed by atoms with E-state index in [-0.39, 0.29) is 5.91 Å². The summed E-state index contributed by atoms with van der Waals surface area (Å²) in [6, 6.07) is 9.57. The zero-order valence-corrected chi connectivity index (χ0v) is 14.3. The fourth-order valence-electron chi connectivity index (χ4n) is 2.53. The third kappa shape index (κ3) is 4.34. The van der Waals surface area contributed by atoms with Crippen LogP contribution in [0.4, 0.5) is 0 Å². The Morgan fingerprint density at radius 1 is 1.35 bits per heavy atom. The molecule has 0 radical (unpaired) electrons. The zero-order chi connectivity index (χ0) is 16.8. The largest absolute Gasteiger partial charge is 0.496 e. The van der Waals surface area contributed by atoms with Crippen LogP contribution in [0.3, 0.4) is 0 Å². The van der Waals surface area contributed by atoms with E-state index in [0.29, 0.717) is 24.7 Å². The maximum atomic E-state index is 12.5. The molecule has 23 heavy (non-hydrogen) atoms. The molecule has 5 nitrogen and oxygen atoms in total. The van der Waals surface area contributed by atoms with Crippen molar-refractivity contribution >= 4 is 5.91 Å². The second kappa shape index (κ2) is 7.81. The van der Waals surface area contributed by atoms with E-state index >= 15 is 0 Å². The average Bonchev–Trinajstić information content (AvgIpc) is 2.95. The molecule has 0 aliphatic rings. The second-order valence-electron chi connectivity index (χ2n) is 5.93. The third-order valence-electron chi connectivity index (χ3n) is 3.61. The molecule has 0 saturated heterocycles. The number of carbonyl (C=O) groups excluding carboxylic acids is 1. The minimum absolute atomic E-state index is 0.111. The molecule has 1 aromatic heterocycles. The number of para-hydroxylation sites is 1. The van der Waals surface area contributed by atoms with Gasteiger partial charge < -0.3 is 10.1 Å². The normalized spacial score (nSPS) is 10.8. The van der Waals surface area contributed by atoms with Gasteiger partial charge in [0.05, 0.1) is 12.8 Å². The van der Waals surface area contributed by atoms with E-state index in [2.05, 4.69) is 24.3 Å². The molecule has 1 aromatic carbocycles. The molecule has 2 aromatic rings. The lowest BCUT2D eigenvalue weighted by atomic mass is 10.1. The van der Waals surface area contributed by atoms with Gasteiger partial charge in [0.1, 0.15) is 11.4 Å². The maximum absolute atomic E-state index is 12.5. The van der Waals surface area contributed by atoms with Gasteiger partial charge in [-0.25, -0.2) is 0 Å². The number of carbonyl (C=O) groups is 1. The molecule has 1 amide bonds. The fraction of sp³-hybridized carbons (Fsp3) is 0.444. The quantitative estimate of drug-likeness (QED) is 0.854. The molecular formula is C18H25N3O2. The van der Waals surface area contributed by atoms with E-state index in [1.807, 2.05) is 37.3 Å². The Balaban J connectivity index is 2.09. The number of amides is 1.